The zero-order chi connectivity index (χ0) is 29.8. The molecule has 0 unspecified atom stereocenters. The minimum absolute atomic E-state index is 0.429. The molecule has 1 aliphatic carbocycles. The van der Waals surface area contributed by atoms with Gasteiger partial charge in [-0.3, -0.25) is 0 Å². The zero-order valence-corrected chi connectivity index (χ0v) is 24.7. The Hall–Kier alpha value is -5.86. The van der Waals surface area contributed by atoms with Gasteiger partial charge in [-0.15, -0.1) is 0 Å². The Labute approximate surface area is 262 Å². The number of hydrogen-bond acceptors (Lipinski definition) is 1. The summed E-state index contributed by atoms with van der Waals surface area (Å²) in [6.45, 7) is 0. The van der Waals surface area contributed by atoms with Crippen LogP contribution in [0.4, 0.5) is 11.4 Å². The Morgan fingerprint density at radius 2 is 1.02 bits per heavy atom. The first-order valence-electron chi connectivity index (χ1n) is 15.5. The number of anilines is 2. The lowest BCUT2D eigenvalue weighted by Gasteiger charge is -2.34. The number of hydrogen-bond donors (Lipinski definition) is 1. The predicted molar refractivity (Wildman–Crippen MR) is 188 cm³/mol. The third-order valence-electron chi connectivity index (χ3n) is 9.45. The van der Waals surface area contributed by atoms with E-state index >= 15 is 0 Å². The van der Waals surface area contributed by atoms with Gasteiger partial charge < -0.3 is 9.88 Å². The first-order valence-corrected chi connectivity index (χ1v) is 15.5. The summed E-state index contributed by atoms with van der Waals surface area (Å²) in [6, 6.07) is 63.7. The standard InChI is InChI=1S/C43H30N2/c1-3-15-30(16-4-1)43(37-24-10-7-21-34(37)35-22-8-11-25-38(35)43)31-17-13-18-32(29-31)44-39-26-14-28-41-42(39)36-23-9-12-27-40(36)45(41)33-19-5-2-6-20-33/h1-29,44H. The van der Waals surface area contributed by atoms with Gasteiger partial charge in [-0.1, -0.05) is 133 Å². The molecule has 7 aromatic carbocycles. The monoisotopic (exact) mass is 574 g/mol. The lowest BCUT2D eigenvalue weighted by Crippen LogP contribution is -2.28. The third kappa shape index (κ3) is 3.76. The van der Waals surface area contributed by atoms with Gasteiger partial charge in [-0.25, -0.2) is 0 Å². The lowest BCUT2D eigenvalue weighted by molar-refractivity contribution is 0.769. The molecule has 2 heteroatoms. The molecule has 2 nitrogen and oxygen atoms in total. The van der Waals surface area contributed by atoms with Crippen LogP contribution in [0.1, 0.15) is 22.3 Å². The summed E-state index contributed by atoms with van der Waals surface area (Å²) >= 11 is 0. The molecule has 0 saturated carbocycles. The molecule has 0 radical (unpaired) electrons. The largest absolute Gasteiger partial charge is 0.355 e. The first-order chi connectivity index (χ1) is 22.3. The minimum Gasteiger partial charge on any atom is -0.355 e. The summed E-state index contributed by atoms with van der Waals surface area (Å²) in [5.74, 6) is 0. The Morgan fingerprint density at radius 3 is 1.78 bits per heavy atom. The number of rotatable bonds is 5. The van der Waals surface area contributed by atoms with E-state index in [1.54, 1.807) is 0 Å². The van der Waals surface area contributed by atoms with Crippen LogP contribution < -0.4 is 5.32 Å². The van der Waals surface area contributed by atoms with Crippen LogP contribution in [-0.2, 0) is 5.41 Å². The predicted octanol–water partition coefficient (Wildman–Crippen LogP) is 10.9. The van der Waals surface area contributed by atoms with E-state index in [4.69, 9.17) is 0 Å². The average molecular weight is 575 g/mol. The molecule has 212 valence electrons. The summed E-state index contributed by atoms with van der Waals surface area (Å²) in [6.07, 6.45) is 0. The van der Waals surface area contributed by atoms with Crippen molar-refractivity contribution in [2.75, 3.05) is 5.32 Å². The summed E-state index contributed by atoms with van der Waals surface area (Å²) < 4.78 is 2.36. The summed E-state index contributed by atoms with van der Waals surface area (Å²) in [5, 5.41) is 6.32. The van der Waals surface area contributed by atoms with Crippen LogP contribution in [0.25, 0.3) is 38.6 Å². The number of aromatic nitrogens is 1. The van der Waals surface area contributed by atoms with Crippen molar-refractivity contribution in [2.45, 2.75) is 5.41 Å². The van der Waals surface area contributed by atoms with E-state index in [1.165, 1.54) is 55.2 Å². The van der Waals surface area contributed by atoms with Crippen molar-refractivity contribution in [2.24, 2.45) is 0 Å². The molecular formula is C43H30N2. The van der Waals surface area contributed by atoms with E-state index in [9.17, 15) is 0 Å². The van der Waals surface area contributed by atoms with E-state index in [0.717, 1.165) is 17.1 Å². The molecule has 0 aliphatic heterocycles. The number of nitrogens with one attached hydrogen (secondary N) is 1. The fraction of sp³-hybridized carbons (Fsp3) is 0.0233. The Bertz CT molecular complexity index is 2300. The van der Waals surface area contributed by atoms with Gasteiger partial charge in [0.25, 0.3) is 0 Å². The summed E-state index contributed by atoms with van der Waals surface area (Å²) in [5.41, 5.74) is 13.0. The molecule has 0 saturated heterocycles. The molecule has 1 heterocycles. The van der Waals surface area contributed by atoms with Gasteiger partial charge in [0, 0.05) is 27.8 Å². The lowest BCUT2D eigenvalue weighted by atomic mass is 9.67. The maximum atomic E-state index is 3.87. The van der Waals surface area contributed by atoms with Crippen LogP contribution in [0.15, 0.2) is 176 Å². The SMILES string of the molecule is c1ccc(-n2c3ccccc3c3c(Nc4cccc(C5(c6ccccc6)c6ccccc6-c6ccccc65)c4)cccc32)cc1. The van der Waals surface area contributed by atoms with Crippen molar-refractivity contribution in [1.82, 2.24) is 4.57 Å². The molecular weight excluding hydrogens is 544 g/mol. The number of fused-ring (bicyclic) bond motifs is 6. The molecule has 45 heavy (non-hydrogen) atoms. The van der Waals surface area contributed by atoms with E-state index in [0.29, 0.717) is 0 Å². The number of nitrogens with zero attached hydrogens (tertiary/aromatic N) is 1. The highest BCUT2D eigenvalue weighted by Crippen LogP contribution is 2.56. The van der Waals surface area contributed by atoms with Gasteiger partial charge in [-0.05, 0) is 75.8 Å². The van der Waals surface area contributed by atoms with Crippen LogP contribution in [0.2, 0.25) is 0 Å². The Kier molecular flexibility index (Phi) is 5.76. The van der Waals surface area contributed by atoms with Gasteiger partial charge in [0.1, 0.15) is 0 Å². The van der Waals surface area contributed by atoms with E-state index in [1.807, 2.05) is 0 Å². The van der Waals surface area contributed by atoms with E-state index < -0.39 is 5.41 Å². The van der Waals surface area contributed by atoms with Gasteiger partial charge in [0.15, 0.2) is 0 Å². The highest BCUT2D eigenvalue weighted by Gasteiger charge is 2.45. The van der Waals surface area contributed by atoms with E-state index in [-0.39, 0.29) is 0 Å². The second kappa shape index (κ2) is 10.1. The van der Waals surface area contributed by atoms with Crippen LogP contribution in [0.3, 0.4) is 0 Å². The Morgan fingerprint density at radius 1 is 0.444 bits per heavy atom. The summed E-state index contributed by atoms with van der Waals surface area (Å²) in [4.78, 5) is 0. The van der Waals surface area contributed by atoms with Gasteiger partial charge in [0.2, 0.25) is 0 Å². The molecule has 0 atom stereocenters. The second-order valence-electron chi connectivity index (χ2n) is 11.8. The molecule has 0 bridgehead atoms. The normalized spacial score (nSPS) is 13.1. The average Bonchev–Trinajstić information content (AvgIpc) is 3.61. The maximum absolute atomic E-state index is 3.87. The number of para-hydroxylation sites is 2. The van der Waals surface area contributed by atoms with Gasteiger partial charge in [0.05, 0.1) is 16.4 Å². The van der Waals surface area contributed by atoms with Crippen LogP contribution >= 0.6 is 0 Å². The van der Waals surface area contributed by atoms with Gasteiger partial charge >= 0.3 is 0 Å². The topological polar surface area (TPSA) is 17.0 Å². The second-order valence-corrected chi connectivity index (χ2v) is 11.8. The summed E-state index contributed by atoms with van der Waals surface area (Å²) in [7, 11) is 0. The van der Waals surface area contributed by atoms with Crippen molar-refractivity contribution in [3.63, 3.8) is 0 Å². The fourth-order valence-corrected chi connectivity index (χ4v) is 7.68. The van der Waals surface area contributed by atoms with Crippen molar-refractivity contribution in [3.05, 3.63) is 198 Å². The van der Waals surface area contributed by atoms with Crippen molar-refractivity contribution >= 4 is 33.2 Å². The molecule has 9 rings (SSSR count). The van der Waals surface area contributed by atoms with Crippen molar-refractivity contribution in [1.29, 1.82) is 0 Å². The zero-order valence-electron chi connectivity index (χ0n) is 24.7. The van der Waals surface area contributed by atoms with Crippen LogP contribution in [0.5, 0.6) is 0 Å². The molecule has 0 fully saturated rings. The molecule has 0 amide bonds. The molecule has 1 aromatic heterocycles. The van der Waals surface area contributed by atoms with Gasteiger partial charge in [-0.2, -0.15) is 0 Å². The molecule has 1 aliphatic rings. The quantitative estimate of drug-likeness (QED) is 0.216. The maximum Gasteiger partial charge on any atom is 0.0714 e. The highest BCUT2D eigenvalue weighted by molar-refractivity contribution is 6.15. The molecule has 0 spiro atoms. The molecule has 8 aromatic rings. The first kappa shape index (κ1) is 25.6. The van der Waals surface area contributed by atoms with E-state index in [2.05, 4.69) is 186 Å². The fourth-order valence-electron chi connectivity index (χ4n) is 7.68. The van der Waals surface area contributed by atoms with Crippen molar-refractivity contribution < 1.29 is 0 Å². The Balaban J connectivity index is 1.25. The molecule has 1 N–H and O–H groups in total. The smallest absolute Gasteiger partial charge is 0.0714 e. The van der Waals surface area contributed by atoms with Crippen LogP contribution in [-0.4, -0.2) is 4.57 Å². The minimum atomic E-state index is -0.429. The third-order valence-corrected chi connectivity index (χ3v) is 9.45. The highest BCUT2D eigenvalue weighted by atomic mass is 15.0. The van der Waals surface area contributed by atoms with Crippen LogP contribution in [0, 0.1) is 0 Å². The number of benzene rings is 7. The van der Waals surface area contributed by atoms with Crippen molar-refractivity contribution in [3.8, 4) is 16.8 Å².